The molecule has 0 aliphatic carbocycles. The van der Waals surface area contributed by atoms with Crippen LogP contribution in [-0.2, 0) is 13.0 Å². The van der Waals surface area contributed by atoms with Crippen molar-refractivity contribution in [2.24, 2.45) is 4.99 Å². The Morgan fingerprint density at radius 2 is 2.04 bits per heavy atom. The zero-order valence-corrected chi connectivity index (χ0v) is 15.9. The fourth-order valence-corrected chi connectivity index (χ4v) is 3.22. The second-order valence-electron chi connectivity index (χ2n) is 5.66. The minimum atomic E-state index is -0.0593. The van der Waals surface area contributed by atoms with Gasteiger partial charge in [-0.15, -0.1) is 11.3 Å². The van der Waals surface area contributed by atoms with Gasteiger partial charge in [0.15, 0.2) is 5.96 Å². The maximum Gasteiger partial charge on any atom is 0.251 e. The first-order chi connectivity index (χ1) is 12.1. The number of carbonyl (C=O) groups excluding carboxylic acids is 1. The van der Waals surface area contributed by atoms with Crippen LogP contribution in [0, 0.1) is 6.92 Å². The third kappa shape index (κ3) is 6.23. The van der Waals surface area contributed by atoms with Crippen LogP contribution in [0.2, 0.25) is 0 Å². The molecule has 0 fully saturated rings. The van der Waals surface area contributed by atoms with Crippen molar-refractivity contribution in [3.63, 3.8) is 0 Å². The average molecular weight is 359 g/mol. The number of amides is 1. The lowest BCUT2D eigenvalue weighted by molar-refractivity contribution is 0.0963. The third-order valence-electron chi connectivity index (χ3n) is 3.66. The van der Waals surface area contributed by atoms with Crippen molar-refractivity contribution in [3.05, 3.63) is 57.3 Å². The summed E-state index contributed by atoms with van der Waals surface area (Å²) in [7, 11) is 1.64. The highest BCUT2D eigenvalue weighted by Gasteiger charge is 2.04. The first-order valence-electron chi connectivity index (χ1n) is 8.51. The third-order valence-corrected chi connectivity index (χ3v) is 4.64. The van der Waals surface area contributed by atoms with Crippen LogP contribution in [0.1, 0.15) is 32.6 Å². The van der Waals surface area contributed by atoms with E-state index in [-0.39, 0.29) is 5.91 Å². The molecule has 0 bridgehead atoms. The number of aryl methyl sites for hydroxylation is 1. The van der Waals surface area contributed by atoms with Gasteiger partial charge >= 0.3 is 0 Å². The summed E-state index contributed by atoms with van der Waals surface area (Å²) in [5.41, 5.74) is 1.81. The second kappa shape index (κ2) is 9.84. The number of hydrogen-bond acceptors (Lipinski definition) is 3. The van der Waals surface area contributed by atoms with Crippen molar-refractivity contribution in [3.8, 4) is 0 Å². The smallest absolute Gasteiger partial charge is 0.251 e. The lowest BCUT2D eigenvalue weighted by Crippen LogP contribution is -2.38. The van der Waals surface area contributed by atoms with Gasteiger partial charge in [-0.25, -0.2) is 4.99 Å². The van der Waals surface area contributed by atoms with E-state index >= 15 is 0 Å². The fourth-order valence-electron chi connectivity index (χ4n) is 2.41. The normalized spacial score (nSPS) is 11.2. The predicted octanol–water partition coefficient (Wildman–Crippen LogP) is 2.71. The topological polar surface area (TPSA) is 65.5 Å². The lowest BCUT2D eigenvalue weighted by Gasteiger charge is -2.11. The van der Waals surface area contributed by atoms with Gasteiger partial charge < -0.3 is 16.0 Å². The standard InChI is InChI=1S/C19H26N4OS/c1-4-21-19(23-13-17-9-8-14(2)25-17)22-11-10-15-6-5-7-16(12-15)18(24)20-3/h5-9,12H,4,10-11,13H2,1-3H3,(H,20,24)(H2,21,22,23). The van der Waals surface area contributed by atoms with Crippen LogP contribution in [0.25, 0.3) is 0 Å². The van der Waals surface area contributed by atoms with Crippen molar-refractivity contribution in [2.75, 3.05) is 20.1 Å². The van der Waals surface area contributed by atoms with E-state index in [9.17, 15) is 4.79 Å². The van der Waals surface area contributed by atoms with Crippen LogP contribution in [0.15, 0.2) is 41.4 Å². The summed E-state index contributed by atoms with van der Waals surface area (Å²) in [6.45, 7) is 6.42. The van der Waals surface area contributed by atoms with E-state index in [0.29, 0.717) is 12.1 Å². The van der Waals surface area contributed by atoms with Gasteiger partial charge in [-0.2, -0.15) is 0 Å². The van der Waals surface area contributed by atoms with Crippen molar-refractivity contribution < 1.29 is 4.79 Å². The van der Waals surface area contributed by atoms with Crippen molar-refractivity contribution in [1.82, 2.24) is 16.0 Å². The van der Waals surface area contributed by atoms with Crippen LogP contribution in [0.5, 0.6) is 0 Å². The predicted molar refractivity (Wildman–Crippen MR) is 105 cm³/mol. The molecule has 134 valence electrons. The maximum atomic E-state index is 11.7. The molecule has 0 spiro atoms. The number of thiophene rings is 1. The highest BCUT2D eigenvalue weighted by molar-refractivity contribution is 7.11. The number of nitrogens with one attached hydrogen (secondary N) is 3. The molecular formula is C19H26N4OS. The van der Waals surface area contributed by atoms with E-state index in [2.05, 4.69) is 46.9 Å². The fraction of sp³-hybridized carbons (Fsp3) is 0.368. The highest BCUT2D eigenvalue weighted by atomic mass is 32.1. The largest absolute Gasteiger partial charge is 0.357 e. The Balaban J connectivity index is 1.89. The van der Waals surface area contributed by atoms with Crippen LogP contribution >= 0.6 is 11.3 Å². The number of rotatable bonds is 7. The number of carbonyl (C=O) groups is 1. The Morgan fingerprint density at radius 3 is 2.72 bits per heavy atom. The van der Waals surface area contributed by atoms with Gasteiger partial charge in [0.25, 0.3) is 5.91 Å². The van der Waals surface area contributed by atoms with E-state index < -0.39 is 0 Å². The van der Waals surface area contributed by atoms with Gasteiger partial charge in [-0.05, 0) is 50.1 Å². The molecule has 2 aromatic rings. The molecule has 0 unspecified atom stereocenters. The molecule has 0 saturated heterocycles. The average Bonchev–Trinajstić information content (AvgIpc) is 3.04. The van der Waals surface area contributed by atoms with E-state index in [0.717, 1.165) is 31.0 Å². The monoisotopic (exact) mass is 358 g/mol. The molecule has 0 saturated carbocycles. The minimum Gasteiger partial charge on any atom is -0.357 e. The highest BCUT2D eigenvalue weighted by Crippen LogP contribution is 2.15. The molecule has 3 N–H and O–H groups in total. The SMILES string of the molecule is CCNC(=NCc1ccc(C)s1)NCCc1cccc(C(=O)NC)c1. The Morgan fingerprint density at radius 1 is 1.20 bits per heavy atom. The summed E-state index contributed by atoms with van der Waals surface area (Å²) in [6.07, 6.45) is 0.827. The zero-order valence-electron chi connectivity index (χ0n) is 15.1. The van der Waals surface area contributed by atoms with Crippen molar-refractivity contribution in [2.45, 2.75) is 26.8 Å². The number of benzene rings is 1. The number of aliphatic imine (C=N–C) groups is 1. The van der Waals surface area contributed by atoms with E-state index in [1.54, 1.807) is 18.4 Å². The van der Waals surface area contributed by atoms with Gasteiger partial charge in [0.2, 0.25) is 0 Å². The van der Waals surface area contributed by atoms with E-state index in [1.807, 2.05) is 24.3 Å². The summed E-state index contributed by atoms with van der Waals surface area (Å²) in [5.74, 6) is 0.756. The Labute approximate surface area is 153 Å². The first kappa shape index (κ1) is 19.0. The molecular weight excluding hydrogens is 332 g/mol. The molecule has 1 heterocycles. The van der Waals surface area contributed by atoms with Crippen LogP contribution in [0.3, 0.4) is 0 Å². The van der Waals surface area contributed by atoms with Gasteiger partial charge in [-0.1, -0.05) is 12.1 Å². The van der Waals surface area contributed by atoms with Crippen LogP contribution in [-0.4, -0.2) is 32.0 Å². The van der Waals surface area contributed by atoms with Crippen LogP contribution in [0.4, 0.5) is 0 Å². The Hall–Kier alpha value is -2.34. The molecule has 1 aromatic carbocycles. The first-order valence-corrected chi connectivity index (χ1v) is 9.32. The molecule has 2 rings (SSSR count). The van der Waals surface area contributed by atoms with Gasteiger partial charge in [-0.3, -0.25) is 4.79 Å². The summed E-state index contributed by atoms with van der Waals surface area (Å²) >= 11 is 1.77. The number of hydrogen-bond donors (Lipinski definition) is 3. The summed E-state index contributed by atoms with van der Waals surface area (Å²) < 4.78 is 0. The molecule has 0 atom stereocenters. The van der Waals surface area contributed by atoms with Crippen molar-refractivity contribution in [1.29, 1.82) is 0 Å². The van der Waals surface area contributed by atoms with Gasteiger partial charge in [0.1, 0.15) is 0 Å². The molecule has 1 aromatic heterocycles. The molecule has 5 nitrogen and oxygen atoms in total. The van der Waals surface area contributed by atoms with Gasteiger partial charge in [0.05, 0.1) is 6.54 Å². The number of guanidine groups is 1. The molecule has 1 amide bonds. The Bertz CT molecular complexity index is 724. The van der Waals surface area contributed by atoms with E-state index in [1.165, 1.54) is 9.75 Å². The second-order valence-corrected chi connectivity index (χ2v) is 7.04. The molecule has 6 heteroatoms. The molecule has 0 aliphatic heterocycles. The minimum absolute atomic E-state index is 0.0593. The molecule has 0 aliphatic rings. The summed E-state index contributed by atoms with van der Waals surface area (Å²) in [4.78, 5) is 18.9. The van der Waals surface area contributed by atoms with Gasteiger partial charge in [0, 0.05) is 35.5 Å². The quantitative estimate of drug-likeness (QED) is 0.527. The van der Waals surface area contributed by atoms with E-state index in [4.69, 9.17) is 0 Å². The number of nitrogens with zero attached hydrogens (tertiary/aromatic N) is 1. The molecule has 0 radical (unpaired) electrons. The lowest BCUT2D eigenvalue weighted by atomic mass is 10.1. The van der Waals surface area contributed by atoms with Crippen LogP contribution < -0.4 is 16.0 Å². The summed E-state index contributed by atoms with van der Waals surface area (Å²) in [6, 6.07) is 11.9. The summed E-state index contributed by atoms with van der Waals surface area (Å²) in [5, 5.41) is 9.27. The van der Waals surface area contributed by atoms with Crippen molar-refractivity contribution >= 4 is 23.2 Å². The molecule has 25 heavy (non-hydrogen) atoms. The zero-order chi connectivity index (χ0) is 18.1. The maximum absolute atomic E-state index is 11.7. The Kier molecular flexibility index (Phi) is 7.47.